The number of benzene rings is 2. The third-order valence-corrected chi connectivity index (χ3v) is 4.76. The second-order valence-electron chi connectivity index (χ2n) is 6.19. The topological polar surface area (TPSA) is 72.5 Å². The van der Waals surface area contributed by atoms with Gasteiger partial charge in [-0.05, 0) is 30.0 Å². The molecule has 0 saturated heterocycles. The van der Waals surface area contributed by atoms with Gasteiger partial charge in [0.25, 0.3) is 5.91 Å². The Balaban J connectivity index is 2.07. The molecule has 134 valence electrons. The lowest BCUT2D eigenvalue weighted by atomic mass is 10.1. The highest BCUT2D eigenvalue weighted by Gasteiger charge is 2.19. The first-order valence-electron chi connectivity index (χ1n) is 8.21. The van der Waals surface area contributed by atoms with E-state index in [-0.39, 0.29) is 28.9 Å². The molecule has 0 atom stereocenters. The second-order valence-corrected chi connectivity index (χ2v) is 7.88. The number of hydrogen-bond acceptors (Lipinski definition) is 4. The van der Waals surface area contributed by atoms with Crippen molar-refractivity contribution in [3.63, 3.8) is 0 Å². The molecule has 25 heavy (non-hydrogen) atoms. The molecule has 6 heteroatoms. The van der Waals surface area contributed by atoms with Gasteiger partial charge in [-0.25, -0.2) is 0 Å². The van der Waals surface area contributed by atoms with Crippen LogP contribution in [-0.4, -0.2) is 20.1 Å². The quantitative estimate of drug-likeness (QED) is 0.732. The highest BCUT2D eigenvalue weighted by atomic mass is 32.2. The van der Waals surface area contributed by atoms with E-state index in [9.17, 15) is 13.2 Å². The van der Waals surface area contributed by atoms with Crippen molar-refractivity contribution in [1.29, 1.82) is 0 Å². The van der Waals surface area contributed by atoms with Crippen LogP contribution in [0.4, 0.5) is 0 Å². The standard InChI is InChI=1S/C19H23NO4S/c1-15(2)12-13-25(22,23)24-18-11-7-6-10-17(18)19(21)20-14-16-8-4-3-5-9-16/h3-11,15H,12-14H2,1-2H3,(H,20,21). The monoisotopic (exact) mass is 361 g/mol. The predicted octanol–water partition coefficient (Wildman–Crippen LogP) is 3.37. The fourth-order valence-corrected chi connectivity index (χ4v) is 3.42. The second kappa shape index (κ2) is 8.67. The molecule has 2 rings (SSSR count). The van der Waals surface area contributed by atoms with Gasteiger partial charge in [0.05, 0.1) is 11.3 Å². The average molecular weight is 361 g/mol. The summed E-state index contributed by atoms with van der Waals surface area (Å²) in [5.74, 6) is -0.150. The molecule has 5 nitrogen and oxygen atoms in total. The molecule has 0 saturated carbocycles. The van der Waals surface area contributed by atoms with Crippen molar-refractivity contribution in [3.8, 4) is 5.75 Å². The van der Waals surface area contributed by atoms with Crippen LogP contribution in [0.25, 0.3) is 0 Å². The van der Waals surface area contributed by atoms with Gasteiger partial charge in [0.1, 0.15) is 0 Å². The summed E-state index contributed by atoms with van der Waals surface area (Å²) in [6, 6.07) is 15.8. The summed E-state index contributed by atoms with van der Waals surface area (Å²) < 4.78 is 29.4. The van der Waals surface area contributed by atoms with E-state index >= 15 is 0 Å². The van der Waals surface area contributed by atoms with Gasteiger partial charge in [0, 0.05) is 6.54 Å². The largest absolute Gasteiger partial charge is 0.382 e. The SMILES string of the molecule is CC(C)CCS(=O)(=O)Oc1ccccc1C(=O)NCc1ccccc1. The van der Waals surface area contributed by atoms with E-state index in [0.717, 1.165) is 5.56 Å². The molecule has 0 radical (unpaired) electrons. The number of nitrogens with one attached hydrogen (secondary N) is 1. The van der Waals surface area contributed by atoms with Crippen molar-refractivity contribution < 1.29 is 17.4 Å². The number of amides is 1. The molecule has 2 aromatic carbocycles. The van der Waals surface area contributed by atoms with Crippen LogP contribution < -0.4 is 9.50 Å². The van der Waals surface area contributed by atoms with Crippen LogP contribution in [0.1, 0.15) is 36.2 Å². The van der Waals surface area contributed by atoms with Crippen molar-refractivity contribution in [2.75, 3.05) is 5.75 Å². The summed E-state index contributed by atoms with van der Waals surface area (Å²) in [6.45, 7) is 4.25. The molecule has 2 aromatic rings. The first-order valence-corrected chi connectivity index (χ1v) is 9.78. The lowest BCUT2D eigenvalue weighted by molar-refractivity contribution is 0.0949. The first kappa shape index (κ1) is 19.0. The van der Waals surface area contributed by atoms with Gasteiger partial charge in [-0.2, -0.15) is 8.42 Å². The van der Waals surface area contributed by atoms with Gasteiger partial charge in [0.2, 0.25) is 0 Å². The summed E-state index contributed by atoms with van der Waals surface area (Å²) in [5, 5.41) is 2.78. The Kier molecular flexibility index (Phi) is 6.58. The Labute approximate surface area is 149 Å². The molecule has 0 unspecified atom stereocenters. The fourth-order valence-electron chi connectivity index (χ4n) is 2.16. The van der Waals surface area contributed by atoms with Gasteiger partial charge >= 0.3 is 10.1 Å². The number of carbonyl (C=O) groups excluding carboxylic acids is 1. The Morgan fingerprint density at radius 2 is 1.68 bits per heavy atom. The minimum atomic E-state index is -3.73. The van der Waals surface area contributed by atoms with Gasteiger partial charge in [0.15, 0.2) is 5.75 Å². The summed E-state index contributed by atoms with van der Waals surface area (Å²) in [6.07, 6.45) is 0.505. The number of carbonyl (C=O) groups is 1. The maximum absolute atomic E-state index is 12.4. The molecule has 1 amide bonds. The van der Waals surface area contributed by atoms with E-state index in [0.29, 0.717) is 13.0 Å². The lowest BCUT2D eigenvalue weighted by Crippen LogP contribution is -2.24. The maximum atomic E-state index is 12.4. The molecule has 0 aliphatic rings. The van der Waals surface area contributed by atoms with Crippen LogP contribution in [0.2, 0.25) is 0 Å². The van der Waals surface area contributed by atoms with Crippen LogP contribution in [0.15, 0.2) is 54.6 Å². The minimum Gasteiger partial charge on any atom is -0.382 e. The molecule has 0 aliphatic carbocycles. The zero-order valence-corrected chi connectivity index (χ0v) is 15.3. The Morgan fingerprint density at radius 3 is 2.36 bits per heavy atom. The summed E-state index contributed by atoms with van der Waals surface area (Å²) in [7, 11) is -3.73. The predicted molar refractivity (Wildman–Crippen MR) is 97.9 cm³/mol. The van der Waals surface area contributed by atoms with Crippen LogP contribution in [-0.2, 0) is 16.7 Å². The molecule has 0 fully saturated rings. The first-order chi connectivity index (χ1) is 11.9. The average Bonchev–Trinajstić information content (AvgIpc) is 2.59. The van der Waals surface area contributed by atoms with Gasteiger partial charge in [-0.15, -0.1) is 0 Å². The molecule has 0 aromatic heterocycles. The van der Waals surface area contributed by atoms with Crippen LogP contribution in [0.3, 0.4) is 0 Å². The van der Waals surface area contributed by atoms with Gasteiger partial charge in [-0.1, -0.05) is 56.3 Å². The highest BCUT2D eigenvalue weighted by Crippen LogP contribution is 2.21. The van der Waals surface area contributed by atoms with E-state index < -0.39 is 10.1 Å². The third-order valence-electron chi connectivity index (χ3n) is 3.59. The number of rotatable bonds is 8. The summed E-state index contributed by atoms with van der Waals surface area (Å²) in [5.41, 5.74) is 1.16. The highest BCUT2D eigenvalue weighted by molar-refractivity contribution is 7.87. The van der Waals surface area contributed by atoms with Crippen molar-refractivity contribution in [3.05, 3.63) is 65.7 Å². The lowest BCUT2D eigenvalue weighted by Gasteiger charge is -2.12. The fraction of sp³-hybridized carbons (Fsp3) is 0.316. The Bertz CT molecular complexity index is 801. The smallest absolute Gasteiger partial charge is 0.309 e. The molecule has 0 aliphatic heterocycles. The van der Waals surface area contributed by atoms with Crippen LogP contribution in [0, 0.1) is 5.92 Å². The third kappa shape index (κ3) is 6.23. The number of para-hydroxylation sites is 1. The number of hydrogen-bond donors (Lipinski definition) is 1. The molecular weight excluding hydrogens is 338 g/mol. The maximum Gasteiger partial charge on any atom is 0.309 e. The van der Waals surface area contributed by atoms with Crippen molar-refractivity contribution >= 4 is 16.0 Å². The molecular formula is C19H23NO4S. The Hall–Kier alpha value is -2.34. The molecule has 0 bridgehead atoms. The van der Waals surface area contributed by atoms with E-state index in [1.54, 1.807) is 18.2 Å². The minimum absolute atomic E-state index is 0.0526. The van der Waals surface area contributed by atoms with E-state index in [2.05, 4.69) is 5.32 Å². The zero-order chi connectivity index (χ0) is 18.3. The van der Waals surface area contributed by atoms with Crippen LogP contribution in [0.5, 0.6) is 5.75 Å². The van der Waals surface area contributed by atoms with Crippen molar-refractivity contribution in [2.24, 2.45) is 5.92 Å². The zero-order valence-electron chi connectivity index (χ0n) is 14.4. The molecule has 1 N–H and O–H groups in total. The molecule has 0 heterocycles. The molecule has 0 spiro atoms. The van der Waals surface area contributed by atoms with E-state index in [1.807, 2.05) is 44.2 Å². The van der Waals surface area contributed by atoms with Crippen molar-refractivity contribution in [2.45, 2.75) is 26.8 Å². The summed E-state index contributed by atoms with van der Waals surface area (Å²) in [4.78, 5) is 12.4. The Morgan fingerprint density at radius 1 is 1.04 bits per heavy atom. The van der Waals surface area contributed by atoms with Gasteiger partial charge in [-0.3, -0.25) is 4.79 Å². The van der Waals surface area contributed by atoms with Crippen molar-refractivity contribution in [1.82, 2.24) is 5.32 Å². The summed E-state index contributed by atoms with van der Waals surface area (Å²) >= 11 is 0. The van der Waals surface area contributed by atoms with E-state index in [4.69, 9.17) is 4.18 Å². The van der Waals surface area contributed by atoms with E-state index in [1.165, 1.54) is 6.07 Å². The van der Waals surface area contributed by atoms with Gasteiger partial charge < -0.3 is 9.50 Å². The normalized spacial score (nSPS) is 11.3. The van der Waals surface area contributed by atoms with Crippen LogP contribution >= 0.6 is 0 Å².